The van der Waals surface area contributed by atoms with Gasteiger partial charge in [-0.15, -0.1) is 0 Å². The molecule has 0 aromatic heterocycles. The zero-order valence-electron chi connectivity index (χ0n) is 19.6. The first kappa shape index (κ1) is 25.9. The van der Waals surface area contributed by atoms with Crippen molar-refractivity contribution >= 4 is 27.6 Å². The number of nitrogens with one attached hydrogen (secondary N) is 1. The van der Waals surface area contributed by atoms with Crippen molar-refractivity contribution in [2.45, 2.75) is 24.8 Å². The lowest BCUT2D eigenvalue weighted by molar-refractivity contribution is -0.123. The summed E-state index contributed by atoms with van der Waals surface area (Å²) in [7, 11) is 3.41. The standard InChI is InChI=1S/C22H28N2O8S/c1-13-8-9-16(33(27,28)24(3)4)12-17(13)23-21(25)14(2)32-22(26)15-10-18(29-5)20(31-7)19(11-15)30-6/h8-12,14H,1-7H3,(H,23,25). The predicted octanol–water partition coefficient (Wildman–Crippen LogP) is 2.46. The molecule has 0 aliphatic carbocycles. The van der Waals surface area contributed by atoms with Crippen molar-refractivity contribution in [3.63, 3.8) is 0 Å². The molecule has 0 fully saturated rings. The molecule has 10 nitrogen and oxygen atoms in total. The number of hydrogen-bond acceptors (Lipinski definition) is 8. The summed E-state index contributed by atoms with van der Waals surface area (Å²) in [5, 5.41) is 2.61. The number of benzene rings is 2. The first-order chi connectivity index (χ1) is 15.5. The van der Waals surface area contributed by atoms with Crippen molar-refractivity contribution in [1.29, 1.82) is 0 Å². The Morgan fingerprint density at radius 1 is 0.970 bits per heavy atom. The smallest absolute Gasteiger partial charge is 0.339 e. The van der Waals surface area contributed by atoms with Crippen LogP contribution in [0.25, 0.3) is 0 Å². The fourth-order valence-corrected chi connectivity index (χ4v) is 3.75. The van der Waals surface area contributed by atoms with Crippen molar-refractivity contribution in [3.05, 3.63) is 41.5 Å². The van der Waals surface area contributed by atoms with Crippen LogP contribution in [0.5, 0.6) is 17.2 Å². The molecule has 0 saturated heterocycles. The third-order valence-corrected chi connectivity index (χ3v) is 6.61. The first-order valence-corrected chi connectivity index (χ1v) is 11.2. The third-order valence-electron chi connectivity index (χ3n) is 4.80. The molecular weight excluding hydrogens is 452 g/mol. The van der Waals surface area contributed by atoms with E-state index in [2.05, 4.69) is 5.32 Å². The lowest BCUT2D eigenvalue weighted by atomic mass is 10.1. The number of sulfonamides is 1. The van der Waals surface area contributed by atoms with Gasteiger partial charge in [0.25, 0.3) is 5.91 Å². The van der Waals surface area contributed by atoms with E-state index in [0.29, 0.717) is 17.0 Å². The largest absolute Gasteiger partial charge is 0.493 e. The van der Waals surface area contributed by atoms with Crippen LogP contribution in [0.15, 0.2) is 35.2 Å². The van der Waals surface area contributed by atoms with E-state index in [1.54, 1.807) is 13.0 Å². The van der Waals surface area contributed by atoms with Crippen molar-refractivity contribution in [2.75, 3.05) is 40.7 Å². The second kappa shape index (κ2) is 10.5. The van der Waals surface area contributed by atoms with E-state index in [1.165, 1.54) is 66.6 Å². The van der Waals surface area contributed by atoms with Crippen LogP contribution < -0.4 is 19.5 Å². The number of hydrogen-bond donors (Lipinski definition) is 1. The van der Waals surface area contributed by atoms with E-state index in [1.807, 2.05) is 0 Å². The molecule has 11 heteroatoms. The highest BCUT2D eigenvalue weighted by atomic mass is 32.2. The Bertz CT molecular complexity index is 1120. The normalized spacial score (nSPS) is 12.1. The van der Waals surface area contributed by atoms with Crippen LogP contribution in [0.2, 0.25) is 0 Å². The summed E-state index contributed by atoms with van der Waals surface area (Å²) in [6.45, 7) is 3.12. The molecule has 0 aliphatic rings. The van der Waals surface area contributed by atoms with Crippen LogP contribution in [0.1, 0.15) is 22.8 Å². The van der Waals surface area contributed by atoms with Gasteiger partial charge in [0.15, 0.2) is 17.6 Å². The van der Waals surface area contributed by atoms with Gasteiger partial charge in [-0.3, -0.25) is 4.79 Å². The van der Waals surface area contributed by atoms with Gasteiger partial charge in [-0.2, -0.15) is 0 Å². The lowest BCUT2D eigenvalue weighted by Gasteiger charge is -2.17. The van der Waals surface area contributed by atoms with Crippen molar-refractivity contribution in [2.24, 2.45) is 0 Å². The molecule has 1 unspecified atom stereocenters. The number of esters is 1. The van der Waals surface area contributed by atoms with E-state index in [0.717, 1.165) is 4.31 Å². The minimum absolute atomic E-state index is 0.0236. The summed E-state index contributed by atoms with van der Waals surface area (Å²) in [5.74, 6) is -0.577. The molecule has 2 rings (SSSR count). The van der Waals surface area contributed by atoms with Gasteiger partial charge in [0, 0.05) is 19.8 Å². The molecule has 180 valence electrons. The summed E-state index contributed by atoms with van der Waals surface area (Å²) in [6, 6.07) is 7.21. The molecule has 0 bridgehead atoms. The molecule has 1 atom stereocenters. The van der Waals surface area contributed by atoms with Crippen molar-refractivity contribution < 1.29 is 37.0 Å². The van der Waals surface area contributed by atoms with E-state index in [-0.39, 0.29) is 22.0 Å². The van der Waals surface area contributed by atoms with Crippen LogP contribution in [0, 0.1) is 6.92 Å². The van der Waals surface area contributed by atoms with E-state index in [9.17, 15) is 18.0 Å². The highest BCUT2D eigenvalue weighted by Gasteiger charge is 2.24. The molecule has 1 amide bonds. The van der Waals surface area contributed by atoms with Gasteiger partial charge in [0.1, 0.15) is 0 Å². The molecule has 33 heavy (non-hydrogen) atoms. The van der Waals surface area contributed by atoms with E-state index in [4.69, 9.17) is 18.9 Å². The number of amides is 1. The molecular formula is C22H28N2O8S. The second-order valence-electron chi connectivity index (χ2n) is 7.21. The highest BCUT2D eigenvalue weighted by Crippen LogP contribution is 2.38. The monoisotopic (exact) mass is 480 g/mol. The predicted molar refractivity (Wildman–Crippen MR) is 122 cm³/mol. The SMILES string of the molecule is COc1cc(C(=O)OC(C)C(=O)Nc2cc(S(=O)(=O)N(C)C)ccc2C)cc(OC)c1OC. The average molecular weight is 481 g/mol. The van der Waals surface area contributed by atoms with Crippen LogP contribution in [0.3, 0.4) is 0 Å². The Hall–Kier alpha value is -3.31. The summed E-state index contributed by atoms with van der Waals surface area (Å²) in [6.07, 6.45) is -1.18. The second-order valence-corrected chi connectivity index (χ2v) is 9.37. The van der Waals surface area contributed by atoms with E-state index < -0.39 is 28.0 Å². The number of rotatable bonds is 9. The molecule has 2 aromatic rings. The first-order valence-electron chi connectivity index (χ1n) is 9.81. The highest BCUT2D eigenvalue weighted by molar-refractivity contribution is 7.89. The van der Waals surface area contributed by atoms with Crippen LogP contribution >= 0.6 is 0 Å². The minimum atomic E-state index is -3.68. The van der Waals surface area contributed by atoms with Gasteiger partial charge >= 0.3 is 5.97 Å². The Kier molecular flexibility index (Phi) is 8.29. The number of carbonyl (C=O) groups is 2. The molecule has 0 aliphatic heterocycles. The maximum absolute atomic E-state index is 12.7. The number of carbonyl (C=O) groups excluding carboxylic acids is 2. The van der Waals surface area contributed by atoms with Gasteiger partial charge in [0.2, 0.25) is 15.8 Å². The van der Waals surface area contributed by atoms with E-state index >= 15 is 0 Å². The Morgan fingerprint density at radius 3 is 2.03 bits per heavy atom. The minimum Gasteiger partial charge on any atom is -0.493 e. The van der Waals surface area contributed by atoms with Crippen molar-refractivity contribution in [1.82, 2.24) is 4.31 Å². The molecule has 1 N–H and O–H groups in total. The van der Waals surface area contributed by atoms with Gasteiger partial charge in [0.05, 0.1) is 31.8 Å². The van der Waals surface area contributed by atoms with Crippen LogP contribution in [0.4, 0.5) is 5.69 Å². The topological polar surface area (TPSA) is 120 Å². The molecule has 0 saturated carbocycles. The molecule has 2 aromatic carbocycles. The number of methoxy groups -OCH3 is 3. The third kappa shape index (κ3) is 5.74. The maximum atomic E-state index is 12.7. The van der Waals surface area contributed by atoms with Crippen molar-refractivity contribution in [3.8, 4) is 17.2 Å². The number of ether oxygens (including phenoxy) is 4. The zero-order chi connectivity index (χ0) is 24.9. The van der Waals surface area contributed by atoms with Gasteiger partial charge in [-0.05, 0) is 43.7 Å². The van der Waals surface area contributed by atoms with Crippen LogP contribution in [-0.2, 0) is 19.6 Å². The number of aryl methyl sites for hydroxylation is 1. The Balaban J connectivity index is 2.21. The Morgan fingerprint density at radius 2 is 1.55 bits per heavy atom. The van der Waals surface area contributed by atoms with Gasteiger partial charge in [-0.25, -0.2) is 17.5 Å². The number of nitrogens with zero attached hydrogens (tertiary/aromatic N) is 1. The maximum Gasteiger partial charge on any atom is 0.339 e. The quantitative estimate of drug-likeness (QED) is 0.544. The van der Waals surface area contributed by atoms with Gasteiger partial charge < -0.3 is 24.3 Å². The van der Waals surface area contributed by atoms with Crippen LogP contribution in [-0.4, -0.2) is 66.1 Å². The zero-order valence-corrected chi connectivity index (χ0v) is 20.4. The molecule has 0 radical (unpaired) electrons. The summed E-state index contributed by atoms with van der Waals surface area (Å²) in [5.41, 5.74) is 1.03. The lowest BCUT2D eigenvalue weighted by Crippen LogP contribution is -2.30. The van der Waals surface area contributed by atoms with Gasteiger partial charge in [-0.1, -0.05) is 6.07 Å². The average Bonchev–Trinajstić information content (AvgIpc) is 2.78. The summed E-state index contributed by atoms with van der Waals surface area (Å²) >= 11 is 0. The fraction of sp³-hybridized carbons (Fsp3) is 0.364. The summed E-state index contributed by atoms with van der Waals surface area (Å²) < 4.78 is 46.8. The summed E-state index contributed by atoms with van der Waals surface area (Å²) in [4.78, 5) is 25.3. The number of anilines is 1. The molecule has 0 heterocycles. The molecule has 0 spiro atoms. The fourth-order valence-electron chi connectivity index (χ4n) is 2.82. The Labute approximate surface area is 193 Å².